The maximum atomic E-state index is 5.87. The van der Waals surface area contributed by atoms with Crippen LogP contribution in [0.25, 0.3) is 0 Å². The number of nitrogens with two attached hydrogens (primary N) is 1. The zero-order valence-electron chi connectivity index (χ0n) is 11.1. The minimum absolute atomic E-state index is 0.565. The van der Waals surface area contributed by atoms with Crippen molar-refractivity contribution in [1.29, 1.82) is 0 Å². The lowest BCUT2D eigenvalue weighted by Crippen LogP contribution is -2.01. The maximum absolute atomic E-state index is 5.87. The van der Waals surface area contributed by atoms with E-state index in [0.29, 0.717) is 11.6 Å². The number of aryl methyl sites for hydroxylation is 3. The first-order chi connectivity index (χ1) is 8.47. The Balaban J connectivity index is 2.40. The van der Waals surface area contributed by atoms with E-state index in [-0.39, 0.29) is 0 Å². The molecule has 18 heavy (non-hydrogen) atoms. The van der Waals surface area contributed by atoms with Crippen LogP contribution >= 0.6 is 11.8 Å². The van der Waals surface area contributed by atoms with Crippen LogP contribution in [0.4, 0.5) is 5.82 Å². The highest BCUT2D eigenvalue weighted by atomic mass is 32.2. The quantitative estimate of drug-likeness (QED) is 0.839. The van der Waals surface area contributed by atoms with Gasteiger partial charge < -0.3 is 5.73 Å². The van der Waals surface area contributed by atoms with E-state index in [9.17, 15) is 0 Å². The van der Waals surface area contributed by atoms with Crippen LogP contribution in [0.1, 0.15) is 22.5 Å². The van der Waals surface area contributed by atoms with Crippen molar-refractivity contribution in [2.45, 2.75) is 37.6 Å². The average molecular weight is 259 g/mol. The van der Waals surface area contributed by atoms with Crippen LogP contribution in [0.5, 0.6) is 0 Å². The molecule has 0 spiro atoms. The van der Waals surface area contributed by atoms with Gasteiger partial charge in [0, 0.05) is 10.5 Å². The van der Waals surface area contributed by atoms with Crippen LogP contribution in [-0.2, 0) is 0 Å². The SMILES string of the molecule is Cc1ccc(Sc2nc(C)nc(N)c2C)c(C)c1. The molecule has 0 aliphatic heterocycles. The summed E-state index contributed by atoms with van der Waals surface area (Å²) in [6, 6.07) is 6.42. The fourth-order valence-electron chi connectivity index (χ4n) is 1.74. The summed E-state index contributed by atoms with van der Waals surface area (Å²) in [5.41, 5.74) is 9.35. The molecule has 0 saturated heterocycles. The molecule has 1 aromatic carbocycles. The van der Waals surface area contributed by atoms with Crippen LogP contribution in [0.2, 0.25) is 0 Å². The van der Waals surface area contributed by atoms with Crippen molar-refractivity contribution >= 4 is 17.6 Å². The van der Waals surface area contributed by atoms with E-state index in [4.69, 9.17) is 5.73 Å². The molecule has 2 N–H and O–H groups in total. The molecule has 94 valence electrons. The van der Waals surface area contributed by atoms with E-state index >= 15 is 0 Å². The number of nitrogen functional groups attached to an aromatic ring is 1. The standard InChI is InChI=1S/C14H17N3S/c1-8-5-6-12(9(2)7-8)18-14-10(3)13(15)16-11(4)17-14/h5-7H,1-4H3,(H2,15,16,17). The van der Waals surface area contributed by atoms with Gasteiger partial charge in [0.05, 0.1) is 0 Å². The van der Waals surface area contributed by atoms with E-state index in [0.717, 1.165) is 10.6 Å². The Hall–Kier alpha value is -1.55. The van der Waals surface area contributed by atoms with Gasteiger partial charge in [0.2, 0.25) is 0 Å². The Morgan fingerprint density at radius 2 is 1.78 bits per heavy atom. The molecule has 3 nitrogen and oxygen atoms in total. The molecule has 2 rings (SSSR count). The largest absolute Gasteiger partial charge is 0.383 e. The smallest absolute Gasteiger partial charge is 0.131 e. The Labute approximate surface area is 112 Å². The van der Waals surface area contributed by atoms with Crippen LogP contribution in [-0.4, -0.2) is 9.97 Å². The normalized spacial score (nSPS) is 10.7. The molecule has 4 heteroatoms. The summed E-state index contributed by atoms with van der Waals surface area (Å²) < 4.78 is 0. The first-order valence-electron chi connectivity index (χ1n) is 5.83. The Morgan fingerprint density at radius 3 is 2.44 bits per heavy atom. The van der Waals surface area contributed by atoms with Crippen molar-refractivity contribution in [1.82, 2.24) is 9.97 Å². The van der Waals surface area contributed by atoms with Gasteiger partial charge in [-0.3, -0.25) is 0 Å². The van der Waals surface area contributed by atoms with Gasteiger partial charge in [-0.1, -0.05) is 29.5 Å². The molecule has 0 aliphatic carbocycles. The van der Waals surface area contributed by atoms with Crippen molar-refractivity contribution in [3.63, 3.8) is 0 Å². The predicted molar refractivity (Wildman–Crippen MR) is 76.0 cm³/mol. The minimum Gasteiger partial charge on any atom is -0.383 e. The van der Waals surface area contributed by atoms with Crippen molar-refractivity contribution in [2.75, 3.05) is 5.73 Å². The molecule has 1 heterocycles. The summed E-state index contributed by atoms with van der Waals surface area (Å²) in [5, 5.41) is 0.937. The van der Waals surface area contributed by atoms with Crippen LogP contribution in [0, 0.1) is 27.7 Å². The van der Waals surface area contributed by atoms with Crippen molar-refractivity contribution < 1.29 is 0 Å². The Kier molecular flexibility index (Phi) is 3.57. The Bertz CT molecular complexity index is 594. The number of anilines is 1. The van der Waals surface area contributed by atoms with Crippen LogP contribution in [0.3, 0.4) is 0 Å². The van der Waals surface area contributed by atoms with Crippen molar-refractivity contribution in [3.05, 3.63) is 40.7 Å². The second-order valence-electron chi connectivity index (χ2n) is 4.46. The summed E-state index contributed by atoms with van der Waals surface area (Å²) in [4.78, 5) is 9.84. The van der Waals surface area contributed by atoms with E-state index in [1.54, 1.807) is 11.8 Å². The lowest BCUT2D eigenvalue weighted by Gasteiger charge is -2.10. The van der Waals surface area contributed by atoms with Gasteiger partial charge in [-0.25, -0.2) is 9.97 Å². The first-order valence-corrected chi connectivity index (χ1v) is 6.65. The number of hydrogen-bond donors (Lipinski definition) is 1. The predicted octanol–water partition coefficient (Wildman–Crippen LogP) is 3.44. The highest BCUT2D eigenvalue weighted by Crippen LogP contribution is 2.32. The molecule has 0 saturated carbocycles. The molecule has 0 fully saturated rings. The molecular formula is C14H17N3S. The molecule has 0 amide bonds. The van der Waals surface area contributed by atoms with Crippen LogP contribution in [0.15, 0.2) is 28.1 Å². The zero-order chi connectivity index (χ0) is 13.3. The topological polar surface area (TPSA) is 51.8 Å². The summed E-state index contributed by atoms with van der Waals surface area (Å²) in [6.07, 6.45) is 0. The number of rotatable bonds is 2. The van der Waals surface area contributed by atoms with Crippen molar-refractivity contribution in [3.8, 4) is 0 Å². The third-order valence-electron chi connectivity index (χ3n) is 2.79. The minimum atomic E-state index is 0.565. The fourth-order valence-corrected chi connectivity index (χ4v) is 2.74. The van der Waals surface area contributed by atoms with E-state index in [1.165, 1.54) is 16.0 Å². The van der Waals surface area contributed by atoms with Gasteiger partial charge in [0.1, 0.15) is 16.7 Å². The molecule has 0 atom stereocenters. The fraction of sp³-hybridized carbons (Fsp3) is 0.286. The number of nitrogens with zero attached hydrogens (tertiary/aromatic N) is 2. The molecule has 0 aliphatic rings. The second kappa shape index (κ2) is 4.98. The summed E-state index contributed by atoms with van der Waals surface area (Å²) >= 11 is 1.65. The molecule has 1 aromatic heterocycles. The van der Waals surface area contributed by atoms with E-state index in [1.807, 2.05) is 13.8 Å². The molecule has 0 bridgehead atoms. The highest BCUT2D eigenvalue weighted by Gasteiger charge is 2.09. The third kappa shape index (κ3) is 2.64. The van der Waals surface area contributed by atoms with Gasteiger partial charge in [0.25, 0.3) is 0 Å². The van der Waals surface area contributed by atoms with E-state index in [2.05, 4.69) is 42.0 Å². The monoisotopic (exact) mass is 259 g/mol. The van der Waals surface area contributed by atoms with E-state index < -0.39 is 0 Å². The maximum Gasteiger partial charge on any atom is 0.131 e. The summed E-state index contributed by atoms with van der Waals surface area (Å²) in [6.45, 7) is 8.03. The van der Waals surface area contributed by atoms with Gasteiger partial charge in [-0.2, -0.15) is 0 Å². The highest BCUT2D eigenvalue weighted by molar-refractivity contribution is 7.99. The number of benzene rings is 1. The van der Waals surface area contributed by atoms with Gasteiger partial charge in [-0.05, 0) is 39.3 Å². The van der Waals surface area contributed by atoms with Crippen molar-refractivity contribution in [2.24, 2.45) is 0 Å². The molecular weight excluding hydrogens is 242 g/mol. The number of hydrogen-bond acceptors (Lipinski definition) is 4. The third-order valence-corrected chi connectivity index (χ3v) is 4.06. The van der Waals surface area contributed by atoms with Gasteiger partial charge in [0.15, 0.2) is 0 Å². The summed E-state index contributed by atoms with van der Waals surface area (Å²) in [7, 11) is 0. The zero-order valence-corrected chi connectivity index (χ0v) is 11.9. The molecule has 0 radical (unpaired) electrons. The Morgan fingerprint density at radius 1 is 1.06 bits per heavy atom. The average Bonchev–Trinajstić information content (AvgIpc) is 2.29. The first kappa shape index (κ1) is 12.9. The van der Waals surface area contributed by atoms with Gasteiger partial charge in [-0.15, -0.1) is 0 Å². The lowest BCUT2D eigenvalue weighted by molar-refractivity contribution is 0.946. The number of aromatic nitrogens is 2. The second-order valence-corrected chi connectivity index (χ2v) is 5.49. The lowest BCUT2D eigenvalue weighted by atomic mass is 10.2. The molecule has 2 aromatic rings. The summed E-state index contributed by atoms with van der Waals surface area (Å²) in [5.74, 6) is 1.28. The molecule has 0 unspecified atom stereocenters. The van der Waals surface area contributed by atoms with Gasteiger partial charge >= 0.3 is 0 Å². The van der Waals surface area contributed by atoms with Crippen LogP contribution < -0.4 is 5.73 Å².